The minimum atomic E-state index is -3.67. The van der Waals surface area contributed by atoms with Gasteiger partial charge < -0.3 is 0 Å². The smallest absolute Gasteiger partial charge is 0.261 e. The van der Waals surface area contributed by atoms with Crippen LogP contribution >= 0.6 is 11.8 Å². The predicted octanol–water partition coefficient (Wildman–Crippen LogP) is 6.23. The van der Waals surface area contributed by atoms with Gasteiger partial charge in [-0.25, -0.2) is 0 Å². The first kappa shape index (κ1) is 32.3. The van der Waals surface area contributed by atoms with Crippen molar-refractivity contribution in [3.8, 4) is 0 Å². The van der Waals surface area contributed by atoms with Crippen molar-refractivity contribution in [2.75, 3.05) is 18.8 Å². The number of benzene rings is 4. The SMILES string of the molecule is CC(=O)c1ccc2cc(C)ccc2c1.CS(=O)(=O)O.CS(=O)(=O)O.CSc1ccc2cc(C)ccc2c1. The monoisotopic (exact) mass is 564 g/mol. The van der Waals surface area contributed by atoms with Crippen LogP contribution in [-0.4, -0.2) is 50.5 Å². The fourth-order valence-corrected chi connectivity index (χ4v) is 3.50. The maximum Gasteiger partial charge on any atom is 0.261 e. The van der Waals surface area contributed by atoms with Gasteiger partial charge in [-0.1, -0.05) is 65.7 Å². The Bertz CT molecular complexity index is 1530. The van der Waals surface area contributed by atoms with Crippen LogP contribution in [-0.2, 0) is 20.2 Å². The molecule has 0 aliphatic heterocycles. The molecule has 4 aromatic carbocycles. The van der Waals surface area contributed by atoms with Crippen LogP contribution in [0.1, 0.15) is 28.4 Å². The summed E-state index contributed by atoms with van der Waals surface area (Å²) in [7, 11) is -7.33. The summed E-state index contributed by atoms with van der Waals surface area (Å²) in [5, 5.41) is 4.98. The largest absolute Gasteiger partial charge is 0.295 e. The molecule has 0 aliphatic carbocycles. The lowest BCUT2D eigenvalue weighted by Gasteiger charge is -2.01. The Kier molecular flexibility index (Phi) is 12.4. The molecule has 0 radical (unpaired) electrons. The molecule has 0 fully saturated rings. The molecule has 4 aromatic rings. The van der Waals surface area contributed by atoms with Crippen molar-refractivity contribution in [1.29, 1.82) is 0 Å². The molecule has 37 heavy (non-hydrogen) atoms. The quantitative estimate of drug-likeness (QED) is 0.167. The van der Waals surface area contributed by atoms with Gasteiger partial charge in [-0.15, -0.1) is 11.8 Å². The third kappa shape index (κ3) is 14.5. The van der Waals surface area contributed by atoms with Crippen molar-refractivity contribution in [1.82, 2.24) is 0 Å². The van der Waals surface area contributed by atoms with Crippen LogP contribution in [0.25, 0.3) is 21.5 Å². The van der Waals surface area contributed by atoms with Gasteiger partial charge in [-0.3, -0.25) is 13.9 Å². The number of Topliss-reactive ketones (excluding diaryl/α,β-unsaturated/α-hetero) is 1. The average Bonchev–Trinajstić information content (AvgIpc) is 2.76. The molecule has 4 rings (SSSR count). The van der Waals surface area contributed by atoms with Crippen LogP contribution < -0.4 is 0 Å². The van der Waals surface area contributed by atoms with Gasteiger partial charge in [-0.2, -0.15) is 16.8 Å². The maximum absolute atomic E-state index is 11.2. The molecule has 0 saturated heterocycles. The van der Waals surface area contributed by atoms with E-state index in [0.29, 0.717) is 12.5 Å². The number of fused-ring (bicyclic) bond motifs is 2. The molecule has 0 amide bonds. The lowest BCUT2D eigenvalue weighted by molar-refractivity contribution is 0.101. The fourth-order valence-electron chi connectivity index (χ4n) is 3.05. The van der Waals surface area contributed by atoms with Gasteiger partial charge >= 0.3 is 0 Å². The molecule has 0 aliphatic rings. The highest BCUT2D eigenvalue weighted by Crippen LogP contribution is 2.22. The molecule has 7 nitrogen and oxygen atoms in total. The number of carbonyl (C=O) groups excluding carboxylic acids is 1. The van der Waals surface area contributed by atoms with E-state index in [4.69, 9.17) is 9.11 Å². The summed E-state index contributed by atoms with van der Waals surface area (Å²) < 4.78 is 51.7. The van der Waals surface area contributed by atoms with E-state index in [-0.39, 0.29) is 5.78 Å². The Balaban J connectivity index is 0.000000275. The Morgan fingerprint density at radius 1 is 0.649 bits per heavy atom. The lowest BCUT2D eigenvalue weighted by Crippen LogP contribution is -1.90. The number of hydrogen-bond donors (Lipinski definition) is 2. The minimum absolute atomic E-state index is 0.118. The summed E-state index contributed by atoms with van der Waals surface area (Å²) >= 11 is 1.79. The number of rotatable bonds is 2. The van der Waals surface area contributed by atoms with Crippen molar-refractivity contribution in [2.24, 2.45) is 0 Å². The number of thioether (sulfide) groups is 1. The number of ketones is 1. The fraction of sp³-hybridized carbons (Fsp3) is 0.222. The molecule has 0 saturated carbocycles. The van der Waals surface area contributed by atoms with Gasteiger partial charge in [-0.05, 0) is 66.8 Å². The molecule has 0 bridgehead atoms. The Hall–Kier alpha value is -2.76. The third-order valence-corrected chi connectivity index (χ3v) is 5.33. The van der Waals surface area contributed by atoms with Crippen molar-refractivity contribution in [2.45, 2.75) is 25.7 Å². The topological polar surface area (TPSA) is 126 Å². The minimum Gasteiger partial charge on any atom is -0.295 e. The Morgan fingerprint density at radius 2 is 1.00 bits per heavy atom. The van der Waals surface area contributed by atoms with E-state index in [1.165, 1.54) is 32.2 Å². The van der Waals surface area contributed by atoms with Gasteiger partial charge in [0.05, 0.1) is 12.5 Å². The van der Waals surface area contributed by atoms with Crippen LogP contribution in [0.15, 0.2) is 77.7 Å². The number of hydrogen-bond acceptors (Lipinski definition) is 6. The molecule has 0 unspecified atom stereocenters. The predicted molar refractivity (Wildman–Crippen MR) is 154 cm³/mol. The molecular weight excluding hydrogens is 532 g/mol. The van der Waals surface area contributed by atoms with Crippen molar-refractivity contribution in [3.63, 3.8) is 0 Å². The van der Waals surface area contributed by atoms with Crippen LogP contribution in [0.4, 0.5) is 0 Å². The zero-order chi connectivity index (χ0) is 28.4. The Morgan fingerprint density at radius 3 is 1.41 bits per heavy atom. The van der Waals surface area contributed by atoms with E-state index < -0.39 is 20.2 Å². The van der Waals surface area contributed by atoms with Crippen LogP contribution in [0.3, 0.4) is 0 Å². The van der Waals surface area contributed by atoms with Crippen LogP contribution in [0.2, 0.25) is 0 Å². The van der Waals surface area contributed by atoms with Crippen LogP contribution in [0, 0.1) is 13.8 Å². The molecular formula is C27H32O7S3. The molecule has 0 spiro atoms. The first-order valence-electron chi connectivity index (χ1n) is 10.9. The summed E-state index contributed by atoms with van der Waals surface area (Å²) in [5.74, 6) is 0.118. The van der Waals surface area contributed by atoms with Gasteiger partial charge in [0.2, 0.25) is 0 Å². The van der Waals surface area contributed by atoms with Gasteiger partial charge in [0, 0.05) is 10.5 Å². The first-order valence-corrected chi connectivity index (χ1v) is 15.8. The lowest BCUT2D eigenvalue weighted by atomic mass is 10.0. The van der Waals surface area contributed by atoms with Crippen molar-refractivity contribution >= 4 is 59.3 Å². The summed E-state index contributed by atoms with van der Waals surface area (Å²) in [6, 6.07) is 25.2. The average molecular weight is 565 g/mol. The van der Waals surface area contributed by atoms with E-state index in [0.717, 1.165) is 10.9 Å². The second-order valence-electron chi connectivity index (χ2n) is 8.30. The van der Waals surface area contributed by atoms with Crippen molar-refractivity contribution in [3.05, 3.63) is 89.5 Å². The van der Waals surface area contributed by atoms with Gasteiger partial charge in [0.15, 0.2) is 5.78 Å². The molecule has 0 heterocycles. The number of carbonyl (C=O) groups is 1. The highest BCUT2D eigenvalue weighted by molar-refractivity contribution is 7.98. The summed E-state index contributed by atoms with van der Waals surface area (Å²) in [6.45, 7) is 5.79. The Labute approximate surface area is 223 Å². The zero-order valence-electron chi connectivity index (χ0n) is 21.6. The van der Waals surface area contributed by atoms with E-state index in [1.807, 2.05) is 18.2 Å². The normalized spacial score (nSPS) is 10.8. The van der Waals surface area contributed by atoms with E-state index >= 15 is 0 Å². The van der Waals surface area contributed by atoms with E-state index in [9.17, 15) is 21.6 Å². The third-order valence-electron chi connectivity index (χ3n) is 4.61. The second kappa shape index (κ2) is 14.3. The van der Waals surface area contributed by atoms with Gasteiger partial charge in [0.25, 0.3) is 20.2 Å². The summed E-state index contributed by atoms with van der Waals surface area (Å²) in [5.41, 5.74) is 3.35. The zero-order valence-corrected chi connectivity index (χ0v) is 24.0. The van der Waals surface area contributed by atoms with Crippen LogP contribution in [0.5, 0.6) is 0 Å². The van der Waals surface area contributed by atoms with E-state index in [2.05, 4.69) is 74.7 Å². The molecule has 0 aromatic heterocycles. The van der Waals surface area contributed by atoms with E-state index in [1.54, 1.807) is 18.7 Å². The second-order valence-corrected chi connectivity index (χ2v) is 12.1. The van der Waals surface area contributed by atoms with Gasteiger partial charge in [0.1, 0.15) is 0 Å². The molecule has 10 heteroatoms. The first-order chi connectivity index (χ1) is 17.0. The molecule has 200 valence electrons. The molecule has 2 N–H and O–H groups in total. The summed E-state index contributed by atoms with van der Waals surface area (Å²) in [6.07, 6.45) is 3.54. The standard InChI is InChI=1S/C13H12O.C12H12S.2CH4O3S/c1-9-3-4-13-8-11(10(2)14)5-6-12(13)7-9;1-9-3-4-11-8-12(13-2)6-5-10(11)7-9;2*1-5(2,3)4/h3-8H,1-2H3;3-8H,1-2H3;2*1H3,(H,2,3,4). The molecule has 0 atom stereocenters. The van der Waals surface area contributed by atoms with Crippen molar-refractivity contribution < 1.29 is 30.7 Å². The highest BCUT2D eigenvalue weighted by Gasteiger charge is 2.00. The number of aryl methyl sites for hydroxylation is 2. The highest BCUT2D eigenvalue weighted by atomic mass is 32.2. The summed E-state index contributed by atoms with van der Waals surface area (Å²) in [4.78, 5) is 12.5. The maximum atomic E-state index is 11.2.